The van der Waals surface area contributed by atoms with Crippen molar-refractivity contribution in [1.29, 1.82) is 0 Å². The van der Waals surface area contributed by atoms with Gasteiger partial charge in [-0.25, -0.2) is 13.2 Å². The number of H-pyrrole nitrogens is 1. The molecule has 0 atom stereocenters. The maximum Gasteiger partial charge on any atom is 0.340 e. The molecule has 0 saturated heterocycles. The van der Waals surface area contributed by atoms with Crippen LogP contribution in [-0.4, -0.2) is 41.0 Å². The molecule has 2 rings (SSSR count). The van der Waals surface area contributed by atoms with E-state index in [0.717, 1.165) is 9.87 Å². The molecule has 0 unspecified atom stereocenters. The van der Waals surface area contributed by atoms with Gasteiger partial charge in [0, 0.05) is 19.3 Å². The largest absolute Gasteiger partial charge is 0.478 e. The Hall–Kier alpha value is -2.19. The zero-order valence-electron chi connectivity index (χ0n) is 11.6. The van der Waals surface area contributed by atoms with Crippen molar-refractivity contribution < 1.29 is 18.3 Å². The van der Waals surface area contributed by atoms with E-state index in [1.807, 2.05) is 6.07 Å². The number of carboxylic acids is 1. The second-order valence-electron chi connectivity index (χ2n) is 4.58. The van der Waals surface area contributed by atoms with Crippen molar-refractivity contribution in [2.24, 2.45) is 0 Å². The minimum atomic E-state index is -3.98. The zero-order chi connectivity index (χ0) is 15.6. The first-order valence-corrected chi connectivity index (χ1v) is 7.56. The van der Waals surface area contributed by atoms with E-state index >= 15 is 0 Å². The Balaban J connectivity index is 2.36. The van der Waals surface area contributed by atoms with Gasteiger partial charge in [0.2, 0.25) is 5.03 Å². The highest BCUT2D eigenvalue weighted by Crippen LogP contribution is 2.21. The number of nitrogens with zero attached hydrogens (tertiary/aromatic N) is 2. The Kier molecular flexibility index (Phi) is 4.10. The van der Waals surface area contributed by atoms with E-state index in [-0.39, 0.29) is 17.8 Å². The van der Waals surface area contributed by atoms with E-state index in [1.54, 1.807) is 24.3 Å². The maximum atomic E-state index is 12.5. The molecular formula is C13H15N3O4S. The van der Waals surface area contributed by atoms with Gasteiger partial charge in [0.15, 0.2) is 0 Å². The van der Waals surface area contributed by atoms with Crippen LogP contribution in [-0.2, 0) is 16.6 Å². The molecule has 2 aromatic rings. The van der Waals surface area contributed by atoms with Gasteiger partial charge in [0.25, 0.3) is 10.0 Å². The Morgan fingerprint density at radius 3 is 2.52 bits per heavy atom. The number of rotatable bonds is 5. The summed E-state index contributed by atoms with van der Waals surface area (Å²) in [5.41, 5.74) is 0.678. The predicted octanol–water partition coefficient (Wildman–Crippen LogP) is 1.24. The molecule has 1 aromatic heterocycles. The third-order valence-corrected chi connectivity index (χ3v) is 4.76. The molecular weight excluding hydrogens is 294 g/mol. The number of benzene rings is 1. The lowest BCUT2D eigenvalue weighted by Gasteiger charge is -2.16. The summed E-state index contributed by atoms with van der Waals surface area (Å²) in [4.78, 5) is 11.2. The lowest BCUT2D eigenvalue weighted by molar-refractivity contribution is 0.0691. The number of sulfonamides is 1. The summed E-state index contributed by atoms with van der Waals surface area (Å²) in [6.45, 7) is 1.60. The van der Waals surface area contributed by atoms with Crippen LogP contribution in [0.5, 0.6) is 0 Å². The van der Waals surface area contributed by atoms with Crippen LogP contribution in [0.15, 0.2) is 35.4 Å². The van der Waals surface area contributed by atoms with E-state index < -0.39 is 21.0 Å². The summed E-state index contributed by atoms with van der Waals surface area (Å²) in [5.74, 6) is -1.33. The highest BCUT2D eigenvalue weighted by Gasteiger charge is 2.31. The first-order chi connectivity index (χ1) is 9.84. The van der Waals surface area contributed by atoms with Gasteiger partial charge in [-0.2, -0.15) is 9.40 Å². The second-order valence-corrected chi connectivity index (χ2v) is 6.54. The molecule has 7 nitrogen and oxygen atoms in total. The summed E-state index contributed by atoms with van der Waals surface area (Å²) in [5, 5.41) is 14.7. The van der Waals surface area contributed by atoms with Crippen LogP contribution >= 0.6 is 0 Å². The number of aryl methyl sites for hydroxylation is 1. The number of carbonyl (C=O) groups is 1. The van der Waals surface area contributed by atoms with E-state index in [9.17, 15) is 13.2 Å². The highest BCUT2D eigenvalue weighted by atomic mass is 32.2. The number of aromatic carboxylic acids is 1. The van der Waals surface area contributed by atoms with E-state index in [1.165, 1.54) is 14.0 Å². The molecule has 1 aromatic carbocycles. The van der Waals surface area contributed by atoms with Gasteiger partial charge in [-0.1, -0.05) is 30.3 Å². The number of hydrogen-bond donors (Lipinski definition) is 2. The molecule has 0 saturated carbocycles. The highest BCUT2D eigenvalue weighted by molar-refractivity contribution is 7.89. The lowest BCUT2D eigenvalue weighted by atomic mass is 10.2. The lowest BCUT2D eigenvalue weighted by Crippen LogP contribution is -2.28. The van der Waals surface area contributed by atoms with Crippen molar-refractivity contribution in [3.05, 3.63) is 47.2 Å². The van der Waals surface area contributed by atoms with E-state index in [4.69, 9.17) is 5.11 Å². The SMILES string of the molecule is Cc1[nH]nc(S(=O)(=O)N(C)Cc2ccccc2)c1C(=O)O. The van der Waals surface area contributed by atoms with Crippen LogP contribution in [0.2, 0.25) is 0 Å². The Labute approximate surface area is 122 Å². The van der Waals surface area contributed by atoms with Crippen molar-refractivity contribution in [2.75, 3.05) is 7.05 Å². The van der Waals surface area contributed by atoms with Crippen LogP contribution in [0.25, 0.3) is 0 Å². The summed E-state index contributed by atoms with van der Waals surface area (Å²) in [6, 6.07) is 9.02. The van der Waals surface area contributed by atoms with Crippen LogP contribution in [0.4, 0.5) is 0 Å². The number of hydrogen-bond acceptors (Lipinski definition) is 4. The molecule has 0 fully saturated rings. The van der Waals surface area contributed by atoms with Crippen molar-refractivity contribution >= 4 is 16.0 Å². The summed E-state index contributed by atoms with van der Waals surface area (Å²) < 4.78 is 26.0. The molecule has 0 spiro atoms. The quantitative estimate of drug-likeness (QED) is 0.864. The molecule has 2 N–H and O–H groups in total. The van der Waals surface area contributed by atoms with Crippen molar-refractivity contribution in [2.45, 2.75) is 18.5 Å². The number of carboxylic acid groups (broad SMARTS) is 1. The average Bonchev–Trinajstić information content (AvgIpc) is 2.82. The Morgan fingerprint density at radius 2 is 1.95 bits per heavy atom. The third kappa shape index (κ3) is 2.96. The van der Waals surface area contributed by atoms with Gasteiger partial charge < -0.3 is 5.11 Å². The summed E-state index contributed by atoms with van der Waals surface area (Å²) in [7, 11) is -2.59. The van der Waals surface area contributed by atoms with E-state index in [0.29, 0.717) is 0 Å². The molecule has 1 heterocycles. The van der Waals surface area contributed by atoms with Gasteiger partial charge in [-0.15, -0.1) is 0 Å². The molecule has 8 heteroatoms. The van der Waals surface area contributed by atoms with Crippen LogP contribution < -0.4 is 0 Å². The molecule has 0 amide bonds. The topological polar surface area (TPSA) is 103 Å². The minimum Gasteiger partial charge on any atom is -0.478 e. The molecule has 0 aliphatic carbocycles. The van der Waals surface area contributed by atoms with Crippen molar-refractivity contribution in [1.82, 2.24) is 14.5 Å². The van der Waals surface area contributed by atoms with Gasteiger partial charge in [-0.3, -0.25) is 5.10 Å². The van der Waals surface area contributed by atoms with Crippen LogP contribution in [0.1, 0.15) is 21.6 Å². The van der Waals surface area contributed by atoms with Gasteiger partial charge in [0.05, 0.1) is 0 Å². The fourth-order valence-corrected chi connectivity index (χ4v) is 3.19. The van der Waals surface area contributed by atoms with Crippen LogP contribution in [0.3, 0.4) is 0 Å². The monoisotopic (exact) mass is 309 g/mol. The van der Waals surface area contributed by atoms with Gasteiger partial charge in [-0.05, 0) is 12.5 Å². The molecule has 0 aliphatic rings. The Bertz CT molecular complexity index is 753. The van der Waals surface area contributed by atoms with Crippen LogP contribution in [0, 0.1) is 6.92 Å². The van der Waals surface area contributed by atoms with E-state index in [2.05, 4.69) is 10.2 Å². The smallest absolute Gasteiger partial charge is 0.340 e. The molecule has 0 radical (unpaired) electrons. The molecule has 0 aliphatic heterocycles. The fraction of sp³-hybridized carbons (Fsp3) is 0.231. The fourth-order valence-electron chi connectivity index (χ4n) is 1.92. The first kappa shape index (κ1) is 15.2. The van der Waals surface area contributed by atoms with Gasteiger partial charge in [0.1, 0.15) is 5.56 Å². The first-order valence-electron chi connectivity index (χ1n) is 6.12. The number of aromatic nitrogens is 2. The molecule has 112 valence electrons. The average molecular weight is 309 g/mol. The summed E-state index contributed by atoms with van der Waals surface area (Å²) in [6.07, 6.45) is 0. The van der Waals surface area contributed by atoms with Crippen molar-refractivity contribution in [3.63, 3.8) is 0 Å². The molecule has 0 bridgehead atoms. The summed E-state index contributed by atoms with van der Waals surface area (Å²) >= 11 is 0. The standard InChI is InChI=1S/C13H15N3O4S/c1-9-11(13(17)18)12(15-14-9)21(19,20)16(2)8-10-6-4-3-5-7-10/h3-7H,8H2,1-2H3,(H,14,15)(H,17,18). The molecule has 21 heavy (non-hydrogen) atoms. The maximum absolute atomic E-state index is 12.5. The zero-order valence-corrected chi connectivity index (χ0v) is 12.4. The second kappa shape index (κ2) is 5.66. The minimum absolute atomic E-state index is 0.133. The van der Waals surface area contributed by atoms with Gasteiger partial charge >= 0.3 is 5.97 Å². The van der Waals surface area contributed by atoms with Crippen molar-refractivity contribution in [3.8, 4) is 0 Å². The number of nitrogens with one attached hydrogen (secondary N) is 1. The Morgan fingerprint density at radius 1 is 1.33 bits per heavy atom. The third-order valence-electron chi connectivity index (χ3n) is 3.03. The normalized spacial score (nSPS) is 11.8. The predicted molar refractivity (Wildman–Crippen MR) is 75.4 cm³/mol. The number of aromatic amines is 1.